The van der Waals surface area contributed by atoms with E-state index in [1.54, 1.807) is 12.1 Å². The van der Waals surface area contributed by atoms with Crippen molar-refractivity contribution in [3.63, 3.8) is 0 Å². The Morgan fingerprint density at radius 1 is 1.23 bits per heavy atom. The molecule has 0 aliphatic heterocycles. The van der Waals surface area contributed by atoms with Gasteiger partial charge in [0.25, 0.3) is 0 Å². The maximum atomic E-state index is 11.0. The summed E-state index contributed by atoms with van der Waals surface area (Å²) in [6.07, 6.45) is 1.76. The number of benzene rings is 2. The van der Waals surface area contributed by atoms with Crippen LogP contribution >= 0.6 is 15.9 Å². The van der Waals surface area contributed by atoms with Gasteiger partial charge in [-0.25, -0.2) is 14.6 Å². The third-order valence-electron chi connectivity index (χ3n) is 4.06. The van der Waals surface area contributed by atoms with Crippen LogP contribution in [0.2, 0.25) is 0 Å². The van der Waals surface area contributed by atoms with Gasteiger partial charge in [0.1, 0.15) is 5.69 Å². The van der Waals surface area contributed by atoms with Crippen molar-refractivity contribution in [2.45, 2.75) is 13.8 Å². The van der Waals surface area contributed by atoms with Gasteiger partial charge in [-0.2, -0.15) is 0 Å². The third-order valence-corrected chi connectivity index (χ3v) is 4.69. The summed E-state index contributed by atoms with van der Waals surface area (Å²) >= 11 is 2.95. The van der Waals surface area contributed by atoms with E-state index in [4.69, 9.17) is 10.2 Å². The number of carboxylic acid groups (broad SMARTS) is 2. The number of carboxylic acids is 2. The number of nitrogens with one attached hydrogen (secondary N) is 2. The van der Waals surface area contributed by atoms with Gasteiger partial charge in [-0.05, 0) is 53.0 Å². The zero-order valence-corrected chi connectivity index (χ0v) is 17.2. The van der Waals surface area contributed by atoms with Crippen molar-refractivity contribution in [1.82, 2.24) is 9.97 Å². The highest BCUT2D eigenvalue weighted by molar-refractivity contribution is 9.10. The number of anilines is 1. The Kier molecular flexibility index (Phi) is 6.85. The lowest BCUT2D eigenvalue weighted by Crippen LogP contribution is -2.09. The fraction of sp³-hybridized carbons (Fsp3) is 0.111. The average molecular weight is 479 g/mol. The molecule has 0 bridgehead atoms. The minimum absolute atomic E-state index is 0.0886. The van der Waals surface area contributed by atoms with Crippen molar-refractivity contribution >= 4 is 56.7 Å². The number of fused-ring (bicyclic) bond motifs is 1. The molecule has 156 valence electrons. The van der Waals surface area contributed by atoms with Gasteiger partial charge >= 0.3 is 17.6 Å². The molecule has 0 radical (unpaired) electrons. The summed E-state index contributed by atoms with van der Waals surface area (Å²) in [6.45, 7) is 3.42. The van der Waals surface area contributed by atoms with Gasteiger partial charge in [-0.3, -0.25) is 14.9 Å². The van der Waals surface area contributed by atoms with E-state index in [1.807, 2.05) is 6.92 Å². The Bertz CT molecular complexity index is 1170. The molecule has 0 atom stereocenters. The number of hydrogen-bond donors (Lipinski definition) is 4. The van der Waals surface area contributed by atoms with Crippen molar-refractivity contribution in [3.8, 4) is 0 Å². The van der Waals surface area contributed by atoms with Crippen LogP contribution in [0.25, 0.3) is 11.0 Å². The fourth-order valence-electron chi connectivity index (χ4n) is 2.73. The Morgan fingerprint density at radius 3 is 2.43 bits per heavy atom. The van der Waals surface area contributed by atoms with Gasteiger partial charge in [-0.1, -0.05) is 6.07 Å². The van der Waals surface area contributed by atoms with Gasteiger partial charge in [0.15, 0.2) is 5.56 Å². The van der Waals surface area contributed by atoms with Crippen LogP contribution in [-0.2, 0) is 4.79 Å². The number of hydrogen-bond acceptors (Lipinski definition) is 6. The molecule has 3 rings (SSSR count). The second-order valence-electron chi connectivity index (χ2n) is 5.96. The van der Waals surface area contributed by atoms with Crippen LogP contribution in [0, 0.1) is 24.0 Å². The van der Waals surface area contributed by atoms with Crippen molar-refractivity contribution in [2.24, 2.45) is 0 Å². The molecule has 0 fully saturated rings. The number of aryl methyl sites for hydroxylation is 2. The van der Waals surface area contributed by atoms with Crippen LogP contribution in [-0.4, -0.2) is 43.5 Å². The molecule has 0 saturated heterocycles. The first-order valence-electron chi connectivity index (χ1n) is 8.17. The third kappa shape index (κ3) is 4.43. The smallest absolute Gasteiger partial charge is 0.343 e. The number of H-pyrrole nitrogens is 1. The van der Waals surface area contributed by atoms with Crippen LogP contribution in [0.3, 0.4) is 0 Å². The Morgan fingerprint density at radius 2 is 1.90 bits per heavy atom. The predicted octanol–water partition coefficient (Wildman–Crippen LogP) is 3.50. The SMILES string of the molecule is Cc1cc(Br)c(C(=O)O)c([N+](=O)[O-])c1NC=O.Cc1ccc(C(=O)O)c2[nH]cnc12. The number of carbonyl (C=O) groups excluding carboxylic acids is 1. The normalized spacial score (nSPS) is 10.1. The number of nitro groups is 1. The molecule has 0 aliphatic rings. The summed E-state index contributed by atoms with van der Waals surface area (Å²) in [6, 6.07) is 4.73. The molecule has 2 aromatic carbocycles. The molecule has 0 spiro atoms. The summed E-state index contributed by atoms with van der Waals surface area (Å²) < 4.78 is 0.0886. The Balaban J connectivity index is 0.000000220. The lowest BCUT2D eigenvalue weighted by molar-refractivity contribution is -0.384. The summed E-state index contributed by atoms with van der Waals surface area (Å²) in [5, 5.41) is 30.8. The molecule has 1 amide bonds. The minimum atomic E-state index is -1.45. The van der Waals surface area contributed by atoms with Crippen LogP contribution in [0.15, 0.2) is 29.0 Å². The molecular weight excluding hydrogens is 464 g/mol. The topological polar surface area (TPSA) is 176 Å². The first-order chi connectivity index (χ1) is 14.1. The zero-order chi connectivity index (χ0) is 22.6. The number of halogens is 1. The minimum Gasteiger partial charge on any atom is -0.478 e. The molecule has 1 heterocycles. The molecule has 0 aliphatic carbocycles. The number of aromatic amines is 1. The highest BCUT2D eigenvalue weighted by Crippen LogP contribution is 2.36. The average Bonchev–Trinajstić information content (AvgIpc) is 3.14. The first-order valence-corrected chi connectivity index (χ1v) is 8.96. The number of nitro benzene ring substituents is 1. The maximum Gasteiger partial charge on any atom is 0.343 e. The Labute approximate surface area is 177 Å². The van der Waals surface area contributed by atoms with E-state index < -0.39 is 28.1 Å². The van der Waals surface area contributed by atoms with Crippen molar-refractivity contribution in [2.75, 3.05) is 5.32 Å². The summed E-state index contributed by atoms with van der Waals surface area (Å²) in [7, 11) is 0. The van der Waals surface area contributed by atoms with Gasteiger partial charge in [-0.15, -0.1) is 0 Å². The summed E-state index contributed by atoms with van der Waals surface area (Å²) in [5.41, 5.74) is 1.68. The number of aromatic carboxylic acids is 2. The highest BCUT2D eigenvalue weighted by atomic mass is 79.9. The number of carbonyl (C=O) groups is 3. The number of nitrogens with zero attached hydrogens (tertiary/aromatic N) is 2. The lowest BCUT2D eigenvalue weighted by Gasteiger charge is -2.09. The number of imidazole rings is 1. The van der Waals surface area contributed by atoms with Crippen LogP contribution in [0.1, 0.15) is 31.8 Å². The van der Waals surface area contributed by atoms with E-state index in [-0.39, 0.29) is 22.1 Å². The molecule has 11 nitrogen and oxygen atoms in total. The largest absolute Gasteiger partial charge is 0.478 e. The molecule has 1 aromatic heterocycles. The highest BCUT2D eigenvalue weighted by Gasteiger charge is 2.29. The molecular formula is C18H15BrN4O7. The maximum absolute atomic E-state index is 11.0. The molecule has 3 aromatic rings. The van der Waals surface area contributed by atoms with E-state index in [1.165, 1.54) is 19.3 Å². The van der Waals surface area contributed by atoms with Crippen LogP contribution in [0.5, 0.6) is 0 Å². The molecule has 12 heteroatoms. The lowest BCUT2D eigenvalue weighted by atomic mass is 10.1. The van der Waals surface area contributed by atoms with Gasteiger partial charge in [0, 0.05) is 4.47 Å². The second kappa shape index (κ2) is 9.13. The summed E-state index contributed by atoms with van der Waals surface area (Å²) in [5.74, 6) is -2.38. The van der Waals surface area contributed by atoms with Gasteiger partial charge in [0.2, 0.25) is 6.41 Å². The van der Waals surface area contributed by atoms with Crippen LogP contribution < -0.4 is 5.32 Å². The number of rotatable bonds is 5. The standard InChI is InChI=1S/C9H7BrN2O5.C9H8N2O2/c1-4-2-5(10)6(9(14)15)8(12(16)17)7(4)11-3-13;1-5-2-3-6(9(12)13)8-7(5)10-4-11-8/h2-3H,1H3,(H,11,13)(H,14,15);2-4H,1H3,(H,10,11)(H,12,13). The monoisotopic (exact) mass is 478 g/mol. The van der Waals surface area contributed by atoms with E-state index in [0.717, 1.165) is 11.1 Å². The predicted molar refractivity (Wildman–Crippen MR) is 110 cm³/mol. The fourth-order valence-corrected chi connectivity index (χ4v) is 3.43. The van der Waals surface area contributed by atoms with E-state index in [2.05, 4.69) is 31.2 Å². The molecule has 0 saturated carbocycles. The molecule has 0 unspecified atom stereocenters. The first kappa shape index (κ1) is 22.5. The Hall–Kier alpha value is -3.80. The summed E-state index contributed by atoms with van der Waals surface area (Å²) in [4.78, 5) is 49.0. The van der Waals surface area contributed by atoms with Crippen molar-refractivity contribution in [3.05, 3.63) is 61.4 Å². The molecule has 30 heavy (non-hydrogen) atoms. The zero-order valence-electron chi connectivity index (χ0n) is 15.6. The van der Waals surface area contributed by atoms with Crippen molar-refractivity contribution in [1.29, 1.82) is 0 Å². The van der Waals surface area contributed by atoms with Gasteiger partial charge in [0.05, 0.1) is 27.8 Å². The number of aromatic nitrogens is 2. The molecule has 4 N–H and O–H groups in total. The van der Waals surface area contributed by atoms with E-state index in [9.17, 15) is 24.5 Å². The quantitative estimate of drug-likeness (QED) is 0.244. The van der Waals surface area contributed by atoms with Crippen molar-refractivity contribution < 1.29 is 29.5 Å². The number of amides is 1. The second-order valence-corrected chi connectivity index (χ2v) is 6.81. The van der Waals surface area contributed by atoms with Gasteiger partial charge < -0.3 is 20.5 Å². The van der Waals surface area contributed by atoms with Crippen LogP contribution in [0.4, 0.5) is 11.4 Å². The van der Waals surface area contributed by atoms with E-state index in [0.29, 0.717) is 11.1 Å². The van der Waals surface area contributed by atoms with E-state index >= 15 is 0 Å².